The van der Waals surface area contributed by atoms with Gasteiger partial charge in [0.1, 0.15) is 4.90 Å². The maximum atomic E-state index is 12.6. The zero-order valence-electron chi connectivity index (χ0n) is 15.8. The molecule has 1 saturated heterocycles. The summed E-state index contributed by atoms with van der Waals surface area (Å²) in [6.07, 6.45) is 6.90. The van der Waals surface area contributed by atoms with E-state index in [4.69, 9.17) is 0 Å². The number of fused-ring (bicyclic) bond motifs is 1. The van der Waals surface area contributed by atoms with E-state index in [1.54, 1.807) is 30.7 Å². The van der Waals surface area contributed by atoms with E-state index in [2.05, 4.69) is 15.0 Å². The van der Waals surface area contributed by atoms with Crippen LogP contribution in [-0.4, -0.2) is 48.0 Å². The summed E-state index contributed by atoms with van der Waals surface area (Å²) < 4.78 is 29.7. The predicted molar refractivity (Wildman–Crippen MR) is 105 cm³/mol. The fourth-order valence-corrected chi connectivity index (χ4v) is 5.35. The van der Waals surface area contributed by atoms with E-state index in [1.807, 2.05) is 28.7 Å². The lowest BCUT2D eigenvalue weighted by Crippen LogP contribution is -2.52. The molecule has 2 aliphatic heterocycles. The maximum absolute atomic E-state index is 12.6. The van der Waals surface area contributed by atoms with Crippen molar-refractivity contribution in [1.29, 1.82) is 0 Å². The number of sulfonamides is 1. The van der Waals surface area contributed by atoms with Crippen molar-refractivity contribution in [3.63, 3.8) is 0 Å². The van der Waals surface area contributed by atoms with Gasteiger partial charge in [0.05, 0.1) is 18.2 Å². The number of anilines is 1. The lowest BCUT2D eigenvalue weighted by Gasteiger charge is -2.39. The second kappa shape index (κ2) is 7.56. The lowest BCUT2D eigenvalue weighted by molar-refractivity contribution is -0.133. The summed E-state index contributed by atoms with van der Waals surface area (Å²) in [6, 6.07) is 7.00. The number of carbonyl (C=O) groups excluding carboxylic acids is 1. The maximum Gasteiger partial charge on any atom is 0.244 e. The molecule has 9 heteroatoms. The molecule has 2 N–H and O–H groups in total. The van der Waals surface area contributed by atoms with Crippen LogP contribution in [0.15, 0.2) is 47.9 Å². The van der Waals surface area contributed by atoms with E-state index >= 15 is 0 Å². The van der Waals surface area contributed by atoms with Crippen LogP contribution in [0.25, 0.3) is 0 Å². The molecule has 0 aliphatic carbocycles. The zero-order valence-corrected chi connectivity index (χ0v) is 16.6. The van der Waals surface area contributed by atoms with Crippen LogP contribution in [0.1, 0.15) is 32.2 Å². The Balaban J connectivity index is 1.35. The van der Waals surface area contributed by atoms with Crippen molar-refractivity contribution >= 4 is 21.6 Å². The van der Waals surface area contributed by atoms with E-state index in [0.29, 0.717) is 25.2 Å². The summed E-state index contributed by atoms with van der Waals surface area (Å²) in [6.45, 7) is 3.29. The minimum absolute atomic E-state index is 0.0658. The van der Waals surface area contributed by atoms with Crippen LogP contribution in [0.4, 0.5) is 5.69 Å². The Morgan fingerprint density at radius 2 is 2.04 bits per heavy atom. The minimum Gasteiger partial charge on any atom is -0.368 e. The monoisotopic (exact) mass is 403 g/mol. The van der Waals surface area contributed by atoms with Gasteiger partial charge in [0.2, 0.25) is 15.9 Å². The number of amides is 1. The van der Waals surface area contributed by atoms with Gasteiger partial charge in [-0.3, -0.25) is 4.79 Å². The van der Waals surface area contributed by atoms with Crippen LogP contribution >= 0.6 is 0 Å². The topological polar surface area (TPSA) is 96.3 Å². The number of carbonyl (C=O) groups is 1. The van der Waals surface area contributed by atoms with Gasteiger partial charge in [-0.2, -0.15) is 4.72 Å². The number of hydrogen-bond donors (Lipinski definition) is 2. The molecular formula is C19H25N5O3S. The van der Waals surface area contributed by atoms with Crippen LogP contribution in [0.3, 0.4) is 0 Å². The molecule has 0 bridgehead atoms. The third-order valence-corrected chi connectivity index (χ3v) is 7.14. The molecule has 0 spiro atoms. The first-order valence-corrected chi connectivity index (χ1v) is 11.1. The number of rotatable bonds is 4. The number of nitrogens with one attached hydrogen (secondary N) is 2. The fraction of sp³-hybridized carbons (Fsp3) is 0.474. The first-order valence-electron chi connectivity index (χ1n) is 9.57. The van der Waals surface area contributed by atoms with Crippen LogP contribution in [0, 0.1) is 5.92 Å². The number of aromatic nitrogens is 2. The van der Waals surface area contributed by atoms with Gasteiger partial charge in [0.25, 0.3) is 0 Å². The molecule has 0 unspecified atom stereocenters. The number of nitrogens with zero attached hydrogens (tertiary/aromatic N) is 3. The Labute approximate surface area is 165 Å². The van der Waals surface area contributed by atoms with E-state index < -0.39 is 10.0 Å². The van der Waals surface area contributed by atoms with Gasteiger partial charge >= 0.3 is 0 Å². The SMILES string of the molecule is C[C@H](CC(=O)N1CCC([C@@H]2Nc3ccccc3S(=O)(=O)N2)CC1)n1ccnc1. The molecule has 2 atom stereocenters. The predicted octanol–water partition coefficient (Wildman–Crippen LogP) is 1.80. The normalized spacial score (nSPS) is 22.9. The molecule has 4 rings (SSSR count). The summed E-state index contributed by atoms with van der Waals surface area (Å²) in [7, 11) is -3.51. The number of piperidine rings is 1. The molecule has 1 aromatic carbocycles. The van der Waals surface area contributed by atoms with Crippen molar-refractivity contribution in [2.24, 2.45) is 5.92 Å². The van der Waals surface area contributed by atoms with Crippen molar-refractivity contribution < 1.29 is 13.2 Å². The molecule has 2 aliphatic rings. The Hall–Kier alpha value is -2.39. The number of benzene rings is 1. The second-order valence-corrected chi connectivity index (χ2v) is 9.20. The molecule has 2 aromatic rings. The summed E-state index contributed by atoms with van der Waals surface area (Å²) in [5.41, 5.74) is 0.638. The van der Waals surface area contributed by atoms with E-state index in [0.717, 1.165) is 12.8 Å². The third-order valence-electron chi connectivity index (χ3n) is 5.64. The van der Waals surface area contributed by atoms with Gasteiger partial charge in [0, 0.05) is 37.9 Å². The molecule has 0 radical (unpaired) electrons. The Bertz CT molecular complexity index is 936. The van der Waals surface area contributed by atoms with Crippen molar-refractivity contribution in [3.05, 3.63) is 43.0 Å². The molecule has 1 fully saturated rings. The van der Waals surface area contributed by atoms with Gasteiger partial charge < -0.3 is 14.8 Å². The number of likely N-dealkylation sites (tertiary alicyclic amines) is 1. The number of imidazole rings is 1. The average molecular weight is 404 g/mol. The molecule has 28 heavy (non-hydrogen) atoms. The highest BCUT2D eigenvalue weighted by molar-refractivity contribution is 7.89. The Morgan fingerprint density at radius 1 is 1.29 bits per heavy atom. The quantitative estimate of drug-likeness (QED) is 0.812. The summed E-state index contributed by atoms with van der Waals surface area (Å²) in [4.78, 5) is 18.8. The number of hydrogen-bond acceptors (Lipinski definition) is 5. The third kappa shape index (κ3) is 3.77. The van der Waals surface area contributed by atoms with Gasteiger partial charge in [-0.25, -0.2) is 13.4 Å². The van der Waals surface area contributed by atoms with Gasteiger partial charge in [0.15, 0.2) is 0 Å². The van der Waals surface area contributed by atoms with Crippen molar-refractivity contribution in [2.75, 3.05) is 18.4 Å². The smallest absolute Gasteiger partial charge is 0.244 e. The van der Waals surface area contributed by atoms with Crippen molar-refractivity contribution in [2.45, 2.75) is 43.3 Å². The molecule has 1 amide bonds. The molecule has 3 heterocycles. The van der Waals surface area contributed by atoms with Crippen LogP contribution < -0.4 is 10.0 Å². The Morgan fingerprint density at radius 3 is 2.75 bits per heavy atom. The van der Waals surface area contributed by atoms with Gasteiger partial charge in [-0.15, -0.1) is 0 Å². The number of para-hydroxylation sites is 1. The van der Waals surface area contributed by atoms with E-state index in [9.17, 15) is 13.2 Å². The second-order valence-electron chi connectivity index (χ2n) is 7.52. The molecule has 1 aromatic heterocycles. The first kappa shape index (κ1) is 18.9. The molecule has 0 saturated carbocycles. The first-order chi connectivity index (χ1) is 13.4. The van der Waals surface area contributed by atoms with Crippen molar-refractivity contribution in [3.8, 4) is 0 Å². The summed E-state index contributed by atoms with van der Waals surface area (Å²) in [5, 5.41) is 3.31. The highest BCUT2D eigenvalue weighted by atomic mass is 32.2. The molecular weight excluding hydrogens is 378 g/mol. The van der Waals surface area contributed by atoms with Crippen LogP contribution in [0.5, 0.6) is 0 Å². The van der Waals surface area contributed by atoms with E-state index in [1.165, 1.54) is 0 Å². The average Bonchev–Trinajstić information content (AvgIpc) is 3.22. The fourth-order valence-electron chi connectivity index (χ4n) is 3.96. The standard InChI is InChI=1S/C19H25N5O3S/c1-14(24-11-8-20-13-24)12-18(25)23-9-6-15(7-10-23)19-21-16-4-2-3-5-17(16)28(26,27)22-19/h2-5,8,11,13-15,19,21-22H,6-7,9-10,12H2,1H3/t14-,19-/m1/s1. The van der Waals surface area contributed by atoms with Crippen molar-refractivity contribution in [1.82, 2.24) is 19.2 Å². The van der Waals surface area contributed by atoms with Crippen LogP contribution in [-0.2, 0) is 14.8 Å². The highest BCUT2D eigenvalue weighted by Gasteiger charge is 2.35. The van der Waals surface area contributed by atoms with Gasteiger partial charge in [-0.05, 0) is 37.8 Å². The minimum atomic E-state index is -3.51. The zero-order chi connectivity index (χ0) is 19.7. The molecule has 8 nitrogen and oxygen atoms in total. The summed E-state index contributed by atoms with van der Waals surface area (Å²) >= 11 is 0. The Kier molecular flexibility index (Phi) is 5.11. The lowest BCUT2D eigenvalue weighted by atomic mass is 9.93. The summed E-state index contributed by atoms with van der Waals surface area (Å²) in [5.74, 6) is 0.264. The van der Waals surface area contributed by atoms with E-state index in [-0.39, 0.29) is 28.9 Å². The molecule has 150 valence electrons. The van der Waals surface area contributed by atoms with Gasteiger partial charge in [-0.1, -0.05) is 12.1 Å². The van der Waals surface area contributed by atoms with Crippen LogP contribution in [0.2, 0.25) is 0 Å². The largest absolute Gasteiger partial charge is 0.368 e. The highest BCUT2D eigenvalue weighted by Crippen LogP contribution is 2.31.